The van der Waals surface area contributed by atoms with E-state index in [1.807, 2.05) is 25.5 Å². The van der Waals surface area contributed by atoms with E-state index < -0.39 is 0 Å². The van der Waals surface area contributed by atoms with Crippen molar-refractivity contribution in [3.8, 4) is 0 Å². The van der Waals surface area contributed by atoms with E-state index in [0.717, 1.165) is 56.0 Å². The molecule has 1 aliphatic rings. The number of rotatable bonds is 6. The Morgan fingerprint density at radius 1 is 1.12 bits per heavy atom. The lowest BCUT2D eigenvalue weighted by Gasteiger charge is -2.16. The van der Waals surface area contributed by atoms with Gasteiger partial charge in [0.15, 0.2) is 0 Å². The van der Waals surface area contributed by atoms with Crippen LogP contribution in [0.2, 0.25) is 0 Å². The van der Waals surface area contributed by atoms with Crippen molar-refractivity contribution >= 4 is 11.9 Å². The highest BCUT2D eigenvalue weighted by molar-refractivity contribution is 5.92. The fourth-order valence-corrected chi connectivity index (χ4v) is 3.15. The minimum Gasteiger partial charge on any atom is -0.351 e. The molecule has 0 aromatic carbocycles. The van der Waals surface area contributed by atoms with Gasteiger partial charge in [0.1, 0.15) is 5.69 Å². The van der Waals surface area contributed by atoms with Crippen LogP contribution in [0.5, 0.6) is 0 Å². The molecule has 1 saturated heterocycles. The Balaban J connectivity index is 1.55. The summed E-state index contributed by atoms with van der Waals surface area (Å²) in [5, 5.41) is 7.38. The molecule has 0 bridgehead atoms. The number of nitrogens with one attached hydrogen (secondary N) is 1. The molecule has 0 saturated carbocycles. The van der Waals surface area contributed by atoms with Gasteiger partial charge in [-0.3, -0.25) is 9.48 Å². The Kier molecular flexibility index (Phi) is 5.31. The van der Waals surface area contributed by atoms with Gasteiger partial charge in [0, 0.05) is 37.6 Å². The Morgan fingerprint density at radius 3 is 2.56 bits per heavy atom. The number of carbonyl (C=O) groups is 1. The van der Waals surface area contributed by atoms with E-state index in [4.69, 9.17) is 0 Å². The maximum Gasteiger partial charge on any atom is 0.270 e. The predicted octanol–water partition coefficient (Wildman–Crippen LogP) is 2.02. The second-order valence-corrected chi connectivity index (χ2v) is 6.65. The van der Waals surface area contributed by atoms with Gasteiger partial charge in [-0.15, -0.1) is 0 Å². The lowest BCUT2D eigenvalue weighted by atomic mass is 10.3. The Morgan fingerprint density at radius 2 is 1.88 bits per heavy atom. The summed E-state index contributed by atoms with van der Waals surface area (Å²) in [5.74, 6) is 0.532. The van der Waals surface area contributed by atoms with Crippen LogP contribution in [0.4, 0.5) is 5.95 Å². The zero-order valence-electron chi connectivity index (χ0n) is 15.2. The molecule has 0 aliphatic carbocycles. The van der Waals surface area contributed by atoms with Crippen molar-refractivity contribution < 1.29 is 4.79 Å². The smallest absolute Gasteiger partial charge is 0.270 e. The molecule has 1 amide bonds. The number of anilines is 1. The van der Waals surface area contributed by atoms with Gasteiger partial charge in [0.25, 0.3) is 5.91 Å². The van der Waals surface area contributed by atoms with Crippen molar-refractivity contribution in [2.75, 3.05) is 24.5 Å². The lowest BCUT2D eigenvalue weighted by molar-refractivity contribution is 0.0947. The van der Waals surface area contributed by atoms with Gasteiger partial charge in [-0.1, -0.05) is 0 Å². The SMILES string of the molecule is Cc1cc(C(=O)NCCCn2nc(C)cc2C)nc(N2CCCC2)n1. The van der Waals surface area contributed by atoms with Crippen LogP contribution in [0.1, 0.15) is 46.8 Å². The Bertz CT molecular complexity index is 748. The van der Waals surface area contributed by atoms with Gasteiger partial charge in [-0.25, -0.2) is 9.97 Å². The normalized spacial score (nSPS) is 14.1. The first kappa shape index (κ1) is 17.4. The van der Waals surface area contributed by atoms with E-state index in [1.54, 1.807) is 6.07 Å². The first-order chi connectivity index (χ1) is 12.0. The average Bonchev–Trinajstić information content (AvgIpc) is 3.20. The first-order valence-corrected chi connectivity index (χ1v) is 8.93. The van der Waals surface area contributed by atoms with Gasteiger partial charge >= 0.3 is 0 Å². The number of aromatic nitrogens is 4. The molecule has 0 spiro atoms. The molecule has 3 heterocycles. The minimum absolute atomic E-state index is 0.140. The van der Waals surface area contributed by atoms with Crippen LogP contribution in [0, 0.1) is 20.8 Å². The summed E-state index contributed by atoms with van der Waals surface area (Å²) in [4.78, 5) is 23.5. The summed E-state index contributed by atoms with van der Waals surface area (Å²) >= 11 is 0. The highest BCUT2D eigenvalue weighted by Gasteiger charge is 2.18. The maximum absolute atomic E-state index is 12.4. The number of amides is 1. The van der Waals surface area contributed by atoms with E-state index in [0.29, 0.717) is 18.2 Å². The molecule has 7 heteroatoms. The van der Waals surface area contributed by atoms with Gasteiger partial charge in [0.2, 0.25) is 5.95 Å². The topological polar surface area (TPSA) is 75.9 Å². The van der Waals surface area contributed by atoms with Gasteiger partial charge in [0.05, 0.1) is 5.69 Å². The molecule has 2 aromatic rings. The zero-order chi connectivity index (χ0) is 17.8. The summed E-state index contributed by atoms with van der Waals surface area (Å²) in [5.41, 5.74) is 3.43. The Labute approximate surface area is 148 Å². The standard InChI is InChI=1S/C18H26N6O/c1-13-12-16(21-18(20-13)23-8-4-5-9-23)17(25)19-7-6-10-24-15(3)11-14(2)22-24/h11-12H,4-10H2,1-3H3,(H,19,25). The predicted molar refractivity (Wildman–Crippen MR) is 96.9 cm³/mol. The second-order valence-electron chi connectivity index (χ2n) is 6.65. The summed E-state index contributed by atoms with van der Waals surface area (Å²) in [6.07, 6.45) is 3.15. The van der Waals surface area contributed by atoms with Crippen LogP contribution in [0.25, 0.3) is 0 Å². The third kappa shape index (κ3) is 4.35. The number of hydrogen-bond donors (Lipinski definition) is 1. The van der Waals surface area contributed by atoms with Crippen molar-refractivity contribution in [2.45, 2.75) is 46.6 Å². The minimum atomic E-state index is -0.140. The third-order valence-corrected chi connectivity index (χ3v) is 4.40. The molecule has 2 aromatic heterocycles. The monoisotopic (exact) mass is 342 g/mol. The molecular formula is C18H26N6O. The average molecular weight is 342 g/mol. The van der Waals surface area contributed by atoms with E-state index in [9.17, 15) is 4.79 Å². The summed E-state index contributed by atoms with van der Waals surface area (Å²) < 4.78 is 1.97. The molecular weight excluding hydrogens is 316 g/mol. The van der Waals surface area contributed by atoms with Gasteiger partial charge < -0.3 is 10.2 Å². The van der Waals surface area contributed by atoms with E-state index >= 15 is 0 Å². The maximum atomic E-state index is 12.4. The van der Waals surface area contributed by atoms with Gasteiger partial charge in [-0.2, -0.15) is 5.10 Å². The number of nitrogens with zero attached hydrogens (tertiary/aromatic N) is 5. The number of aryl methyl sites for hydroxylation is 4. The molecule has 134 valence electrons. The van der Waals surface area contributed by atoms with Crippen LogP contribution in [-0.4, -0.2) is 45.3 Å². The fraction of sp³-hybridized carbons (Fsp3) is 0.556. The molecule has 7 nitrogen and oxygen atoms in total. The molecule has 0 unspecified atom stereocenters. The van der Waals surface area contributed by atoms with E-state index in [1.165, 1.54) is 0 Å². The molecule has 1 N–H and O–H groups in total. The number of carbonyl (C=O) groups excluding carboxylic acids is 1. The second kappa shape index (κ2) is 7.63. The van der Waals surface area contributed by atoms with Crippen molar-refractivity contribution in [1.82, 2.24) is 25.1 Å². The Hall–Kier alpha value is -2.44. The molecule has 0 radical (unpaired) electrons. The van der Waals surface area contributed by atoms with Crippen LogP contribution in [0.15, 0.2) is 12.1 Å². The van der Waals surface area contributed by atoms with Crippen LogP contribution >= 0.6 is 0 Å². The van der Waals surface area contributed by atoms with E-state index in [-0.39, 0.29) is 5.91 Å². The van der Waals surface area contributed by atoms with Crippen molar-refractivity contribution in [2.24, 2.45) is 0 Å². The zero-order valence-corrected chi connectivity index (χ0v) is 15.2. The molecule has 0 atom stereocenters. The highest BCUT2D eigenvalue weighted by Crippen LogP contribution is 2.16. The largest absolute Gasteiger partial charge is 0.351 e. The quantitative estimate of drug-likeness (QED) is 0.813. The summed E-state index contributed by atoms with van der Waals surface area (Å²) in [6.45, 7) is 9.25. The first-order valence-electron chi connectivity index (χ1n) is 8.93. The lowest BCUT2D eigenvalue weighted by Crippen LogP contribution is -2.28. The molecule has 25 heavy (non-hydrogen) atoms. The summed E-state index contributed by atoms with van der Waals surface area (Å²) in [6, 6.07) is 3.80. The summed E-state index contributed by atoms with van der Waals surface area (Å²) in [7, 11) is 0. The molecule has 1 fully saturated rings. The van der Waals surface area contributed by atoms with Gasteiger partial charge in [-0.05, 0) is 52.2 Å². The third-order valence-electron chi connectivity index (χ3n) is 4.40. The van der Waals surface area contributed by atoms with Crippen molar-refractivity contribution in [3.63, 3.8) is 0 Å². The molecule has 3 rings (SSSR count). The van der Waals surface area contributed by atoms with Crippen LogP contribution < -0.4 is 10.2 Å². The highest BCUT2D eigenvalue weighted by atomic mass is 16.1. The number of hydrogen-bond acceptors (Lipinski definition) is 5. The van der Waals surface area contributed by atoms with E-state index in [2.05, 4.69) is 31.3 Å². The van der Waals surface area contributed by atoms with Crippen molar-refractivity contribution in [3.05, 3.63) is 34.9 Å². The van der Waals surface area contributed by atoms with Crippen LogP contribution in [0.3, 0.4) is 0 Å². The van der Waals surface area contributed by atoms with Crippen molar-refractivity contribution in [1.29, 1.82) is 0 Å². The van der Waals surface area contributed by atoms with Crippen LogP contribution in [-0.2, 0) is 6.54 Å². The molecule has 1 aliphatic heterocycles. The fourth-order valence-electron chi connectivity index (χ4n) is 3.15.